The smallest absolute Gasteiger partial charge is 0.247 e. The first-order valence-corrected chi connectivity index (χ1v) is 7.07. The van der Waals surface area contributed by atoms with Gasteiger partial charge in [-0.2, -0.15) is 5.10 Å². The van der Waals surface area contributed by atoms with Crippen LogP contribution in [0.15, 0.2) is 12.7 Å². The SMILES string of the molecule is CCC1C2CNCC2CN1C(=O)C(C)n1cncn1. The molecule has 19 heavy (non-hydrogen) atoms. The Bertz CT molecular complexity index is 446. The number of carbonyl (C=O) groups is 1. The summed E-state index contributed by atoms with van der Waals surface area (Å²) in [7, 11) is 0. The fourth-order valence-corrected chi connectivity index (χ4v) is 3.57. The van der Waals surface area contributed by atoms with Crippen LogP contribution in [-0.2, 0) is 4.79 Å². The lowest BCUT2D eigenvalue weighted by atomic mass is 9.93. The van der Waals surface area contributed by atoms with E-state index in [0.29, 0.717) is 17.9 Å². The van der Waals surface area contributed by atoms with Gasteiger partial charge < -0.3 is 10.2 Å². The molecule has 104 valence electrons. The van der Waals surface area contributed by atoms with Crippen molar-refractivity contribution in [2.45, 2.75) is 32.4 Å². The number of nitrogens with zero attached hydrogens (tertiary/aromatic N) is 4. The van der Waals surface area contributed by atoms with Crippen molar-refractivity contribution in [3.8, 4) is 0 Å². The van der Waals surface area contributed by atoms with Gasteiger partial charge in [0.2, 0.25) is 5.91 Å². The molecule has 1 N–H and O–H groups in total. The van der Waals surface area contributed by atoms with E-state index in [-0.39, 0.29) is 11.9 Å². The molecule has 0 saturated carbocycles. The van der Waals surface area contributed by atoms with Crippen LogP contribution in [0.25, 0.3) is 0 Å². The minimum atomic E-state index is -0.261. The van der Waals surface area contributed by atoms with E-state index in [2.05, 4.69) is 27.2 Å². The van der Waals surface area contributed by atoms with Crippen LogP contribution in [0, 0.1) is 11.8 Å². The molecule has 3 heterocycles. The predicted octanol–water partition coefficient (Wildman–Crippen LogP) is 0.296. The molecule has 0 bridgehead atoms. The average molecular weight is 263 g/mol. The maximum Gasteiger partial charge on any atom is 0.247 e. The van der Waals surface area contributed by atoms with Gasteiger partial charge in [0.1, 0.15) is 18.7 Å². The number of hydrogen-bond acceptors (Lipinski definition) is 4. The van der Waals surface area contributed by atoms with Gasteiger partial charge in [-0.25, -0.2) is 9.67 Å². The van der Waals surface area contributed by atoms with E-state index in [1.165, 1.54) is 6.33 Å². The van der Waals surface area contributed by atoms with Gasteiger partial charge >= 0.3 is 0 Å². The van der Waals surface area contributed by atoms with Crippen molar-refractivity contribution < 1.29 is 4.79 Å². The number of carbonyl (C=O) groups excluding carboxylic acids is 1. The molecule has 4 atom stereocenters. The Kier molecular flexibility index (Phi) is 3.26. The molecule has 6 heteroatoms. The summed E-state index contributed by atoms with van der Waals surface area (Å²) in [4.78, 5) is 18.7. The second kappa shape index (κ2) is 4.92. The minimum Gasteiger partial charge on any atom is -0.337 e. The summed E-state index contributed by atoms with van der Waals surface area (Å²) in [5, 5.41) is 7.52. The van der Waals surface area contributed by atoms with Crippen molar-refractivity contribution in [1.82, 2.24) is 25.0 Å². The third-order valence-corrected chi connectivity index (χ3v) is 4.61. The standard InChI is InChI=1S/C13H21N5O/c1-3-12-11-5-14-4-10(11)6-17(12)13(19)9(2)18-8-15-7-16-18/h7-12,14H,3-6H2,1-2H3. The molecule has 2 fully saturated rings. The first kappa shape index (κ1) is 12.6. The topological polar surface area (TPSA) is 63.1 Å². The molecule has 2 aliphatic heterocycles. The summed E-state index contributed by atoms with van der Waals surface area (Å²) in [6, 6.07) is 0.113. The van der Waals surface area contributed by atoms with Gasteiger partial charge in [-0.1, -0.05) is 6.92 Å². The van der Waals surface area contributed by atoms with Crippen LogP contribution < -0.4 is 5.32 Å². The van der Waals surface area contributed by atoms with Gasteiger partial charge in [0.25, 0.3) is 0 Å². The van der Waals surface area contributed by atoms with Gasteiger partial charge in [-0.3, -0.25) is 4.79 Å². The number of aromatic nitrogens is 3. The zero-order valence-electron chi connectivity index (χ0n) is 11.5. The van der Waals surface area contributed by atoms with E-state index in [1.54, 1.807) is 11.0 Å². The predicted molar refractivity (Wildman–Crippen MR) is 70.4 cm³/mol. The summed E-state index contributed by atoms with van der Waals surface area (Å²) in [5.41, 5.74) is 0. The lowest BCUT2D eigenvalue weighted by molar-refractivity contribution is -0.136. The maximum absolute atomic E-state index is 12.7. The number of nitrogens with one attached hydrogen (secondary N) is 1. The van der Waals surface area contributed by atoms with E-state index in [1.807, 2.05) is 6.92 Å². The van der Waals surface area contributed by atoms with Crippen LogP contribution >= 0.6 is 0 Å². The summed E-state index contributed by atoms with van der Waals surface area (Å²) in [6.45, 7) is 7.04. The lowest BCUT2D eigenvalue weighted by Gasteiger charge is -2.29. The number of amides is 1. The van der Waals surface area contributed by atoms with Gasteiger partial charge in [0.05, 0.1) is 0 Å². The van der Waals surface area contributed by atoms with E-state index in [9.17, 15) is 4.79 Å². The third kappa shape index (κ3) is 2.04. The fraction of sp³-hybridized carbons (Fsp3) is 0.769. The quantitative estimate of drug-likeness (QED) is 0.851. The first-order chi connectivity index (χ1) is 9.22. The van der Waals surface area contributed by atoms with Crippen molar-refractivity contribution >= 4 is 5.91 Å². The Morgan fingerprint density at radius 3 is 3.05 bits per heavy atom. The van der Waals surface area contributed by atoms with Crippen LogP contribution in [0.1, 0.15) is 26.3 Å². The molecule has 2 saturated heterocycles. The fourth-order valence-electron chi connectivity index (χ4n) is 3.57. The molecule has 0 aromatic carbocycles. The van der Waals surface area contributed by atoms with Gasteiger partial charge in [0, 0.05) is 25.7 Å². The van der Waals surface area contributed by atoms with Crippen molar-refractivity contribution in [1.29, 1.82) is 0 Å². The number of likely N-dealkylation sites (tertiary alicyclic amines) is 1. The molecule has 4 unspecified atom stereocenters. The first-order valence-electron chi connectivity index (χ1n) is 7.07. The van der Waals surface area contributed by atoms with Gasteiger partial charge in [0.15, 0.2) is 0 Å². The monoisotopic (exact) mass is 263 g/mol. The maximum atomic E-state index is 12.7. The Morgan fingerprint density at radius 2 is 2.37 bits per heavy atom. The Labute approximate surface area is 113 Å². The summed E-state index contributed by atoms with van der Waals surface area (Å²) in [6.07, 6.45) is 4.12. The van der Waals surface area contributed by atoms with Crippen LogP contribution in [0.4, 0.5) is 0 Å². The largest absolute Gasteiger partial charge is 0.337 e. The number of fused-ring (bicyclic) bond motifs is 1. The van der Waals surface area contributed by atoms with E-state index >= 15 is 0 Å². The highest BCUT2D eigenvalue weighted by Crippen LogP contribution is 2.35. The molecule has 6 nitrogen and oxygen atoms in total. The average Bonchev–Trinajstić information content (AvgIpc) is 3.12. The number of rotatable bonds is 3. The Balaban J connectivity index is 1.76. The van der Waals surface area contributed by atoms with Crippen molar-refractivity contribution in [2.24, 2.45) is 11.8 Å². The van der Waals surface area contributed by atoms with Crippen molar-refractivity contribution in [3.63, 3.8) is 0 Å². The summed E-state index contributed by atoms with van der Waals surface area (Å²) >= 11 is 0. The van der Waals surface area contributed by atoms with Crippen LogP contribution in [0.2, 0.25) is 0 Å². The van der Waals surface area contributed by atoms with E-state index in [0.717, 1.165) is 26.1 Å². The van der Waals surface area contributed by atoms with Crippen LogP contribution in [-0.4, -0.2) is 51.2 Å². The second-order valence-electron chi connectivity index (χ2n) is 5.60. The number of hydrogen-bond donors (Lipinski definition) is 1. The van der Waals surface area contributed by atoms with E-state index < -0.39 is 0 Å². The molecule has 1 aromatic heterocycles. The molecule has 0 aliphatic carbocycles. The Morgan fingerprint density at radius 1 is 1.53 bits per heavy atom. The molecule has 0 spiro atoms. The highest BCUT2D eigenvalue weighted by molar-refractivity contribution is 5.80. The summed E-state index contributed by atoms with van der Waals surface area (Å²) < 4.78 is 1.64. The second-order valence-corrected chi connectivity index (χ2v) is 5.60. The summed E-state index contributed by atoms with van der Waals surface area (Å²) in [5.74, 6) is 1.42. The van der Waals surface area contributed by atoms with Crippen molar-refractivity contribution in [2.75, 3.05) is 19.6 Å². The normalized spacial score (nSPS) is 31.5. The zero-order chi connectivity index (χ0) is 13.4. The zero-order valence-corrected chi connectivity index (χ0v) is 11.5. The molecule has 0 radical (unpaired) electrons. The lowest BCUT2D eigenvalue weighted by Crippen LogP contribution is -2.42. The van der Waals surface area contributed by atoms with Gasteiger partial charge in [-0.15, -0.1) is 0 Å². The molecule has 2 aliphatic rings. The van der Waals surface area contributed by atoms with Gasteiger partial charge in [-0.05, 0) is 25.2 Å². The Hall–Kier alpha value is -1.43. The highest BCUT2D eigenvalue weighted by atomic mass is 16.2. The molecular weight excluding hydrogens is 242 g/mol. The van der Waals surface area contributed by atoms with Crippen LogP contribution in [0.5, 0.6) is 0 Å². The van der Waals surface area contributed by atoms with Crippen molar-refractivity contribution in [3.05, 3.63) is 12.7 Å². The molecule has 1 aromatic rings. The minimum absolute atomic E-state index is 0.173. The molecule has 3 rings (SSSR count). The van der Waals surface area contributed by atoms with Crippen LogP contribution in [0.3, 0.4) is 0 Å². The van der Waals surface area contributed by atoms with E-state index in [4.69, 9.17) is 0 Å². The third-order valence-electron chi connectivity index (χ3n) is 4.61. The highest BCUT2D eigenvalue weighted by Gasteiger charge is 2.45. The molecular formula is C13H21N5O. The molecule has 1 amide bonds.